The average molecular weight is 233 g/mol. The number of nitrogens with zero attached hydrogens (tertiary/aromatic N) is 1. The van der Waals surface area contributed by atoms with Crippen LogP contribution in [0.2, 0.25) is 0 Å². The summed E-state index contributed by atoms with van der Waals surface area (Å²) in [5.41, 5.74) is 2.02. The number of carboxylic acids is 1. The molecule has 1 aliphatic heterocycles. The summed E-state index contributed by atoms with van der Waals surface area (Å²) in [5.74, 6) is -0.738. The Balaban J connectivity index is 2.25. The van der Waals surface area contributed by atoms with Crippen LogP contribution in [0.3, 0.4) is 0 Å². The van der Waals surface area contributed by atoms with Crippen LogP contribution in [-0.4, -0.2) is 29.1 Å². The Morgan fingerprint density at radius 3 is 2.59 bits per heavy atom. The van der Waals surface area contributed by atoms with E-state index in [4.69, 9.17) is 0 Å². The van der Waals surface area contributed by atoms with Gasteiger partial charge in [0.05, 0.1) is 0 Å². The third-order valence-corrected chi connectivity index (χ3v) is 3.35. The minimum absolute atomic E-state index is 0.477. The number of carbonyl (C=O) groups is 1. The van der Waals surface area contributed by atoms with E-state index in [1.54, 1.807) is 0 Å². The SMILES string of the molecule is Cc1cccc([C@@H](C(=O)O)N2CCCCC2)c1. The van der Waals surface area contributed by atoms with E-state index < -0.39 is 12.0 Å². The Morgan fingerprint density at radius 2 is 2.00 bits per heavy atom. The van der Waals surface area contributed by atoms with E-state index in [0.717, 1.165) is 37.1 Å². The Kier molecular flexibility index (Phi) is 3.79. The number of piperidine rings is 1. The molecular formula is C14H19NO2. The van der Waals surface area contributed by atoms with Gasteiger partial charge in [0.2, 0.25) is 0 Å². The van der Waals surface area contributed by atoms with Crippen molar-refractivity contribution in [1.82, 2.24) is 4.90 Å². The number of aryl methyl sites for hydroxylation is 1. The van der Waals surface area contributed by atoms with Crippen molar-refractivity contribution in [1.29, 1.82) is 0 Å². The molecule has 0 radical (unpaired) electrons. The lowest BCUT2D eigenvalue weighted by Gasteiger charge is -2.32. The number of benzene rings is 1. The lowest BCUT2D eigenvalue weighted by molar-refractivity contribution is -0.144. The third-order valence-electron chi connectivity index (χ3n) is 3.35. The molecule has 1 aromatic rings. The molecule has 0 spiro atoms. The first-order valence-corrected chi connectivity index (χ1v) is 6.22. The van der Waals surface area contributed by atoms with E-state index in [-0.39, 0.29) is 0 Å². The standard InChI is InChI=1S/C14H19NO2/c1-11-6-5-7-12(10-11)13(14(16)17)15-8-3-2-4-9-15/h5-7,10,13H,2-4,8-9H2,1H3,(H,16,17)/t13-/m0/s1. The van der Waals surface area contributed by atoms with Crippen LogP contribution < -0.4 is 0 Å². The molecule has 1 N–H and O–H groups in total. The number of likely N-dealkylation sites (tertiary alicyclic amines) is 1. The van der Waals surface area contributed by atoms with Crippen molar-refractivity contribution in [2.45, 2.75) is 32.2 Å². The smallest absolute Gasteiger partial charge is 0.325 e. The van der Waals surface area contributed by atoms with Crippen molar-refractivity contribution in [3.05, 3.63) is 35.4 Å². The van der Waals surface area contributed by atoms with Crippen molar-refractivity contribution < 1.29 is 9.90 Å². The van der Waals surface area contributed by atoms with Gasteiger partial charge in [0.1, 0.15) is 6.04 Å². The van der Waals surface area contributed by atoms with Gasteiger partial charge in [0, 0.05) is 0 Å². The van der Waals surface area contributed by atoms with E-state index >= 15 is 0 Å². The second-order valence-corrected chi connectivity index (χ2v) is 4.75. The largest absolute Gasteiger partial charge is 0.480 e. The molecule has 92 valence electrons. The molecule has 3 nitrogen and oxygen atoms in total. The summed E-state index contributed by atoms with van der Waals surface area (Å²) in [7, 11) is 0. The van der Waals surface area contributed by atoms with Gasteiger partial charge >= 0.3 is 5.97 Å². The molecule has 0 aromatic heterocycles. The maximum absolute atomic E-state index is 11.5. The first-order valence-electron chi connectivity index (χ1n) is 6.22. The molecule has 17 heavy (non-hydrogen) atoms. The highest BCUT2D eigenvalue weighted by Gasteiger charge is 2.28. The molecule has 0 amide bonds. The molecule has 1 aliphatic rings. The fourth-order valence-electron chi connectivity index (χ4n) is 2.53. The molecule has 1 saturated heterocycles. The zero-order chi connectivity index (χ0) is 12.3. The molecule has 2 rings (SSSR count). The molecule has 1 atom stereocenters. The lowest BCUT2D eigenvalue weighted by atomic mass is 10.0. The number of rotatable bonds is 3. The zero-order valence-electron chi connectivity index (χ0n) is 10.2. The molecule has 1 aromatic carbocycles. The van der Waals surface area contributed by atoms with Gasteiger partial charge in [0.15, 0.2) is 0 Å². The van der Waals surface area contributed by atoms with Crippen LogP contribution in [-0.2, 0) is 4.79 Å². The summed E-state index contributed by atoms with van der Waals surface area (Å²) in [6.45, 7) is 3.79. The molecular weight excluding hydrogens is 214 g/mol. The normalized spacial score (nSPS) is 18.9. The average Bonchev–Trinajstić information content (AvgIpc) is 2.30. The molecule has 1 fully saturated rings. The van der Waals surface area contributed by atoms with Gasteiger partial charge in [-0.15, -0.1) is 0 Å². The van der Waals surface area contributed by atoms with Gasteiger partial charge in [-0.25, -0.2) is 0 Å². The first-order chi connectivity index (χ1) is 8.18. The minimum atomic E-state index is -0.738. The molecule has 0 aliphatic carbocycles. The second kappa shape index (κ2) is 5.32. The maximum atomic E-state index is 11.5. The van der Waals surface area contributed by atoms with Crippen molar-refractivity contribution in [2.24, 2.45) is 0 Å². The summed E-state index contributed by atoms with van der Waals surface area (Å²) in [4.78, 5) is 13.6. The van der Waals surface area contributed by atoms with Crippen molar-refractivity contribution in [3.8, 4) is 0 Å². The summed E-state index contributed by atoms with van der Waals surface area (Å²) in [6.07, 6.45) is 3.43. The van der Waals surface area contributed by atoms with Gasteiger partial charge in [-0.05, 0) is 38.4 Å². The van der Waals surface area contributed by atoms with Gasteiger partial charge in [0.25, 0.3) is 0 Å². The summed E-state index contributed by atoms with van der Waals surface area (Å²) >= 11 is 0. The van der Waals surface area contributed by atoms with Crippen LogP contribution in [0.1, 0.15) is 36.4 Å². The lowest BCUT2D eigenvalue weighted by Crippen LogP contribution is -2.37. The van der Waals surface area contributed by atoms with Crippen LogP contribution in [0.15, 0.2) is 24.3 Å². The molecule has 1 heterocycles. The van der Waals surface area contributed by atoms with Crippen LogP contribution in [0.5, 0.6) is 0 Å². The van der Waals surface area contributed by atoms with Crippen LogP contribution in [0.4, 0.5) is 0 Å². The fraction of sp³-hybridized carbons (Fsp3) is 0.500. The topological polar surface area (TPSA) is 40.5 Å². The van der Waals surface area contributed by atoms with Gasteiger partial charge in [-0.3, -0.25) is 9.69 Å². The molecule has 0 unspecified atom stereocenters. The molecule has 0 bridgehead atoms. The number of aliphatic carboxylic acids is 1. The highest BCUT2D eigenvalue weighted by atomic mass is 16.4. The van der Waals surface area contributed by atoms with Crippen molar-refractivity contribution in [2.75, 3.05) is 13.1 Å². The quantitative estimate of drug-likeness (QED) is 0.872. The zero-order valence-corrected chi connectivity index (χ0v) is 10.2. The van der Waals surface area contributed by atoms with E-state index in [1.807, 2.05) is 31.2 Å². The Labute approximate surface area is 102 Å². The highest BCUT2D eigenvalue weighted by molar-refractivity contribution is 5.75. The van der Waals surface area contributed by atoms with Crippen LogP contribution in [0, 0.1) is 6.92 Å². The first kappa shape index (κ1) is 12.1. The predicted molar refractivity (Wildman–Crippen MR) is 67.0 cm³/mol. The number of hydrogen-bond acceptors (Lipinski definition) is 2. The number of hydrogen-bond donors (Lipinski definition) is 1. The Hall–Kier alpha value is -1.35. The Morgan fingerprint density at radius 1 is 1.29 bits per heavy atom. The summed E-state index contributed by atoms with van der Waals surface area (Å²) < 4.78 is 0. The van der Waals surface area contributed by atoms with Crippen LogP contribution >= 0.6 is 0 Å². The Bertz CT molecular complexity index is 397. The highest BCUT2D eigenvalue weighted by Crippen LogP contribution is 2.25. The van der Waals surface area contributed by atoms with Gasteiger partial charge in [-0.2, -0.15) is 0 Å². The monoisotopic (exact) mass is 233 g/mol. The van der Waals surface area contributed by atoms with Crippen molar-refractivity contribution in [3.63, 3.8) is 0 Å². The predicted octanol–water partition coefficient (Wildman–Crippen LogP) is 2.61. The summed E-state index contributed by atoms with van der Waals surface area (Å²) in [5, 5.41) is 9.43. The van der Waals surface area contributed by atoms with E-state index in [0.29, 0.717) is 0 Å². The fourth-order valence-corrected chi connectivity index (χ4v) is 2.53. The molecule has 0 saturated carbocycles. The van der Waals surface area contributed by atoms with E-state index in [9.17, 15) is 9.90 Å². The second-order valence-electron chi connectivity index (χ2n) is 4.75. The van der Waals surface area contributed by atoms with Crippen LogP contribution in [0.25, 0.3) is 0 Å². The maximum Gasteiger partial charge on any atom is 0.325 e. The van der Waals surface area contributed by atoms with E-state index in [1.165, 1.54) is 6.42 Å². The number of carboxylic acid groups (broad SMARTS) is 1. The minimum Gasteiger partial charge on any atom is -0.480 e. The van der Waals surface area contributed by atoms with Crippen molar-refractivity contribution >= 4 is 5.97 Å². The van der Waals surface area contributed by atoms with E-state index in [2.05, 4.69) is 4.90 Å². The van der Waals surface area contributed by atoms with Gasteiger partial charge in [-0.1, -0.05) is 36.2 Å². The van der Waals surface area contributed by atoms with Gasteiger partial charge < -0.3 is 5.11 Å². The molecule has 3 heteroatoms. The third kappa shape index (κ3) is 2.86. The summed E-state index contributed by atoms with van der Waals surface area (Å²) in [6, 6.07) is 7.35.